The van der Waals surface area contributed by atoms with Gasteiger partial charge in [-0.3, -0.25) is 10.1 Å². The number of aromatic hydroxyl groups is 1. The Morgan fingerprint density at radius 2 is 1.83 bits per heavy atom. The van der Waals surface area contributed by atoms with Crippen molar-refractivity contribution in [3.05, 3.63) is 88.1 Å². The number of thiocarbonyl (C=S) groups is 1. The maximum absolute atomic E-state index is 12.7. The van der Waals surface area contributed by atoms with Crippen LogP contribution in [0.2, 0.25) is 10.0 Å². The normalized spacial score (nSPS) is 11.0. The van der Waals surface area contributed by atoms with E-state index < -0.39 is 5.91 Å². The van der Waals surface area contributed by atoms with E-state index in [0.29, 0.717) is 43.7 Å². The van der Waals surface area contributed by atoms with E-state index in [1.165, 1.54) is 12.1 Å². The highest BCUT2D eigenvalue weighted by Crippen LogP contribution is 2.35. The first-order valence-electron chi connectivity index (χ1n) is 10.7. The molecule has 7 nitrogen and oxygen atoms in total. The van der Waals surface area contributed by atoms with E-state index in [2.05, 4.69) is 15.6 Å². The van der Waals surface area contributed by atoms with Crippen molar-refractivity contribution in [3.63, 3.8) is 0 Å². The van der Waals surface area contributed by atoms with Crippen molar-refractivity contribution in [3.8, 4) is 28.5 Å². The first kappa shape index (κ1) is 23.9. The van der Waals surface area contributed by atoms with Gasteiger partial charge in [0.25, 0.3) is 5.91 Å². The summed E-state index contributed by atoms with van der Waals surface area (Å²) in [4.78, 5) is 17.1. The minimum absolute atomic E-state index is 0.0124. The van der Waals surface area contributed by atoms with Crippen molar-refractivity contribution >= 4 is 63.2 Å². The zero-order valence-corrected chi connectivity index (χ0v) is 21.0. The van der Waals surface area contributed by atoms with Crippen molar-refractivity contribution < 1.29 is 18.7 Å². The van der Waals surface area contributed by atoms with Crippen LogP contribution >= 0.6 is 35.4 Å². The van der Waals surface area contributed by atoms with Crippen molar-refractivity contribution in [2.45, 2.75) is 6.92 Å². The smallest absolute Gasteiger partial charge is 0.293 e. The van der Waals surface area contributed by atoms with E-state index in [1.54, 1.807) is 36.4 Å². The van der Waals surface area contributed by atoms with Gasteiger partial charge in [0.1, 0.15) is 17.0 Å². The molecule has 1 amide bonds. The fourth-order valence-corrected chi connectivity index (χ4v) is 4.17. The lowest BCUT2D eigenvalue weighted by Crippen LogP contribution is -2.33. The molecule has 0 saturated heterocycles. The monoisotopic (exact) mass is 537 g/mol. The summed E-state index contributed by atoms with van der Waals surface area (Å²) in [6.45, 7) is 1.96. The third-order valence-corrected chi connectivity index (χ3v) is 6.32. The van der Waals surface area contributed by atoms with Gasteiger partial charge in [-0.25, -0.2) is 4.98 Å². The Kier molecular flexibility index (Phi) is 6.40. The van der Waals surface area contributed by atoms with Gasteiger partial charge in [-0.1, -0.05) is 35.3 Å². The number of oxazole rings is 1. The summed E-state index contributed by atoms with van der Waals surface area (Å²) in [5, 5.41) is 16.6. The second-order valence-corrected chi connectivity index (χ2v) is 9.09. The average Bonchev–Trinajstić information content (AvgIpc) is 3.49. The molecule has 0 atom stereocenters. The van der Waals surface area contributed by atoms with Crippen molar-refractivity contribution in [2.75, 3.05) is 5.32 Å². The number of furan rings is 1. The molecule has 0 aliphatic rings. The second-order valence-electron chi connectivity index (χ2n) is 7.90. The van der Waals surface area contributed by atoms with Crippen LogP contribution in [0.5, 0.6) is 5.75 Å². The maximum atomic E-state index is 12.7. The molecule has 5 rings (SSSR count). The van der Waals surface area contributed by atoms with Crippen molar-refractivity contribution in [1.82, 2.24) is 10.3 Å². The Labute approximate surface area is 220 Å². The number of carbonyl (C=O) groups is 1. The summed E-state index contributed by atoms with van der Waals surface area (Å²) in [6.07, 6.45) is 0. The molecule has 0 aliphatic heterocycles. The first-order valence-corrected chi connectivity index (χ1v) is 11.8. The number of fused-ring (bicyclic) bond motifs is 1. The fourth-order valence-electron chi connectivity index (χ4n) is 3.56. The van der Waals surface area contributed by atoms with E-state index in [4.69, 9.17) is 44.3 Å². The molecule has 0 aliphatic carbocycles. The SMILES string of the molecule is Cc1ccc2oc(-c3cc(NC(=S)NC(=O)c4ccc(-c5cccc(Cl)c5Cl)o4)ccc3O)nc2c1. The highest BCUT2D eigenvalue weighted by Gasteiger charge is 2.17. The van der Waals surface area contributed by atoms with Gasteiger partial charge >= 0.3 is 0 Å². The molecule has 0 fully saturated rings. The zero-order chi connectivity index (χ0) is 25.4. The van der Waals surface area contributed by atoms with E-state index in [1.807, 2.05) is 25.1 Å². The Hall–Kier alpha value is -3.85. The topological polar surface area (TPSA) is 101 Å². The van der Waals surface area contributed by atoms with Gasteiger partial charge in [-0.2, -0.15) is 0 Å². The summed E-state index contributed by atoms with van der Waals surface area (Å²) in [5.74, 6) is 0.128. The number of hydrogen-bond acceptors (Lipinski definition) is 6. The molecule has 2 aromatic heterocycles. The van der Waals surface area contributed by atoms with Gasteiger partial charge in [0.2, 0.25) is 5.89 Å². The van der Waals surface area contributed by atoms with E-state index in [-0.39, 0.29) is 22.5 Å². The van der Waals surface area contributed by atoms with Crippen LogP contribution in [-0.2, 0) is 0 Å². The number of aromatic nitrogens is 1. The molecule has 36 heavy (non-hydrogen) atoms. The van der Waals surface area contributed by atoms with Crippen LogP contribution in [-0.4, -0.2) is 21.1 Å². The number of aryl methyl sites for hydroxylation is 1. The van der Waals surface area contributed by atoms with E-state index in [9.17, 15) is 9.90 Å². The fraction of sp³-hybridized carbons (Fsp3) is 0.0385. The largest absolute Gasteiger partial charge is 0.507 e. The molecular formula is C26H17Cl2N3O4S. The lowest BCUT2D eigenvalue weighted by atomic mass is 10.1. The lowest BCUT2D eigenvalue weighted by molar-refractivity contribution is 0.0951. The molecule has 0 radical (unpaired) electrons. The Bertz CT molecular complexity index is 1640. The number of hydrogen-bond donors (Lipinski definition) is 3. The molecule has 5 aromatic rings. The van der Waals surface area contributed by atoms with Crippen molar-refractivity contribution in [1.29, 1.82) is 0 Å². The van der Waals surface area contributed by atoms with Crippen LogP contribution in [0.1, 0.15) is 16.1 Å². The van der Waals surface area contributed by atoms with Crippen LogP contribution < -0.4 is 10.6 Å². The first-order chi connectivity index (χ1) is 17.3. The number of benzene rings is 3. The number of nitrogens with zero attached hydrogens (tertiary/aromatic N) is 1. The Morgan fingerprint density at radius 3 is 2.67 bits per heavy atom. The second kappa shape index (κ2) is 9.66. The van der Waals surface area contributed by atoms with Crippen LogP contribution in [0.3, 0.4) is 0 Å². The van der Waals surface area contributed by atoms with E-state index >= 15 is 0 Å². The number of phenolic OH excluding ortho intramolecular Hbond substituents is 1. The molecule has 0 unspecified atom stereocenters. The summed E-state index contributed by atoms with van der Waals surface area (Å²) < 4.78 is 11.4. The summed E-state index contributed by atoms with van der Waals surface area (Å²) >= 11 is 17.6. The number of amides is 1. The van der Waals surface area contributed by atoms with Crippen LogP contribution in [0.15, 0.2) is 75.6 Å². The summed E-state index contributed by atoms with van der Waals surface area (Å²) in [5.41, 5.74) is 3.78. The van der Waals surface area contributed by atoms with Crippen molar-refractivity contribution in [2.24, 2.45) is 0 Å². The third-order valence-electron chi connectivity index (χ3n) is 5.30. The number of nitrogens with one attached hydrogen (secondary N) is 2. The summed E-state index contributed by atoms with van der Waals surface area (Å²) in [7, 11) is 0. The Balaban J connectivity index is 1.30. The van der Waals surface area contributed by atoms with Gasteiger partial charge in [0.15, 0.2) is 16.5 Å². The molecule has 0 spiro atoms. The number of anilines is 1. The van der Waals surface area contributed by atoms with Gasteiger partial charge < -0.3 is 19.3 Å². The van der Waals surface area contributed by atoms with Gasteiger partial charge in [-0.05, 0) is 79.3 Å². The molecule has 3 aromatic carbocycles. The predicted octanol–water partition coefficient (Wildman–Crippen LogP) is 7.20. The highest BCUT2D eigenvalue weighted by molar-refractivity contribution is 7.80. The van der Waals surface area contributed by atoms with Crippen LogP contribution in [0, 0.1) is 6.92 Å². The molecule has 180 valence electrons. The van der Waals surface area contributed by atoms with Gasteiger partial charge in [-0.15, -0.1) is 0 Å². The molecule has 10 heteroatoms. The third kappa shape index (κ3) is 4.79. The lowest BCUT2D eigenvalue weighted by Gasteiger charge is -2.10. The maximum Gasteiger partial charge on any atom is 0.293 e. The van der Waals surface area contributed by atoms with Crippen LogP contribution in [0.4, 0.5) is 5.69 Å². The molecule has 0 saturated carbocycles. The van der Waals surface area contributed by atoms with Crippen LogP contribution in [0.25, 0.3) is 33.9 Å². The number of carbonyl (C=O) groups excluding carboxylic acids is 1. The highest BCUT2D eigenvalue weighted by atomic mass is 35.5. The number of halogens is 2. The summed E-state index contributed by atoms with van der Waals surface area (Å²) in [6, 6.07) is 18.6. The number of phenols is 1. The quantitative estimate of drug-likeness (QED) is 0.164. The minimum atomic E-state index is -0.551. The Morgan fingerprint density at radius 1 is 1.00 bits per heavy atom. The zero-order valence-electron chi connectivity index (χ0n) is 18.6. The van der Waals surface area contributed by atoms with Gasteiger partial charge in [0.05, 0.1) is 15.6 Å². The van der Waals surface area contributed by atoms with Gasteiger partial charge in [0, 0.05) is 11.3 Å². The predicted molar refractivity (Wildman–Crippen MR) is 144 cm³/mol. The molecular weight excluding hydrogens is 521 g/mol. The molecule has 3 N–H and O–H groups in total. The van der Waals surface area contributed by atoms with E-state index in [0.717, 1.165) is 5.56 Å². The number of rotatable bonds is 4. The minimum Gasteiger partial charge on any atom is -0.507 e. The molecule has 0 bridgehead atoms. The average molecular weight is 538 g/mol. The standard InChI is InChI=1S/C26H17Cl2N3O4S/c1-13-5-8-21-18(11-13)30-25(35-21)16-12-14(6-7-19(16)32)29-26(36)31-24(33)22-10-9-20(34-22)15-3-2-4-17(27)23(15)28/h2-12,32H,1H3,(H2,29,31,33,36). The molecule has 2 heterocycles.